The summed E-state index contributed by atoms with van der Waals surface area (Å²) in [5.41, 5.74) is 7.40. The minimum atomic E-state index is -1.43. The van der Waals surface area contributed by atoms with Crippen LogP contribution < -0.4 is 15.2 Å². The van der Waals surface area contributed by atoms with Gasteiger partial charge in [-0.3, -0.25) is 0 Å². The predicted octanol–water partition coefficient (Wildman–Crippen LogP) is 4.12. The molecule has 20 heavy (non-hydrogen) atoms. The van der Waals surface area contributed by atoms with Crippen molar-refractivity contribution in [2.24, 2.45) is 5.73 Å². The van der Waals surface area contributed by atoms with Gasteiger partial charge in [-0.2, -0.15) is 0 Å². The number of halogens is 2. The summed E-state index contributed by atoms with van der Waals surface area (Å²) in [4.78, 5) is 0. The van der Waals surface area contributed by atoms with Gasteiger partial charge in [0.2, 0.25) is 0 Å². The lowest BCUT2D eigenvalue weighted by Crippen LogP contribution is -2.18. The van der Waals surface area contributed by atoms with Gasteiger partial charge in [0.15, 0.2) is 0 Å². The van der Waals surface area contributed by atoms with Crippen molar-refractivity contribution in [2.45, 2.75) is 31.2 Å². The third-order valence-electron chi connectivity index (χ3n) is 2.77. The smallest absolute Gasteiger partial charge is 0.277 e. The summed E-state index contributed by atoms with van der Waals surface area (Å²) in [5.74, 6) is 1.45. The molecule has 0 unspecified atom stereocenters. The quantitative estimate of drug-likeness (QED) is 0.445. The first kappa shape index (κ1) is 17.2. The number of aryl methyl sites for hydroxylation is 2. The number of hydrogen-bond donors (Lipinski definition) is 1. The Bertz CT molecular complexity index is 438. The van der Waals surface area contributed by atoms with Gasteiger partial charge in [-0.15, -0.1) is 0 Å². The highest BCUT2D eigenvalue weighted by molar-refractivity contribution is 6.48. The van der Waals surface area contributed by atoms with Crippen molar-refractivity contribution < 1.29 is 9.47 Å². The van der Waals surface area contributed by atoms with E-state index in [0.717, 1.165) is 29.7 Å². The second kappa shape index (κ2) is 7.77. The molecule has 0 atom stereocenters. The molecular weight excluding hydrogens is 297 g/mol. The van der Waals surface area contributed by atoms with E-state index in [1.54, 1.807) is 0 Å². The Labute approximate surface area is 130 Å². The molecule has 0 radical (unpaired) electrons. The summed E-state index contributed by atoms with van der Waals surface area (Å²) < 4.78 is 9.81. The molecule has 1 aromatic rings. The van der Waals surface area contributed by atoms with Crippen molar-refractivity contribution in [2.75, 3.05) is 13.2 Å². The molecule has 0 aliphatic heterocycles. The van der Waals surface area contributed by atoms with Gasteiger partial charge in [0.1, 0.15) is 11.5 Å². The van der Waals surface area contributed by atoms with Crippen LogP contribution in [0.4, 0.5) is 0 Å². The fraction of sp³-hybridized carbons (Fsp3) is 0.467. The van der Waals surface area contributed by atoms with Crippen LogP contribution in [-0.2, 0) is 0 Å². The van der Waals surface area contributed by atoms with E-state index in [1.165, 1.54) is 6.08 Å². The van der Waals surface area contributed by atoms with E-state index in [4.69, 9.17) is 38.4 Å². The highest BCUT2D eigenvalue weighted by Crippen LogP contribution is 2.33. The molecule has 0 heterocycles. The molecule has 3 nitrogen and oxygen atoms in total. The maximum absolute atomic E-state index is 5.90. The number of alkyl halides is 2. The lowest BCUT2D eigenvalue weighted by atomic mass is 10.1. The average Bonchev–Trinajstić information content (AvgIpc) is 2.36. The van der Waals surface area contributed by atoms with Crippen LogP contribution in [0.3, 0.4) is 0 Å². The van der Waals surface area contributed by atoms with Crippen LogP contribution in [0.5, 0.6) is 11.5 Å². The van der Waals surface area contributed by atoms with Gasteiger partial charge in [0, 0.05) is 0 Å². The molecule has 112 valence electrons. The molecule has 0 bridgehead atoms. The van der Waals surface area contributed by atoms with Crippen LogP contribution >= 0.6 is 23.2 Å². The summed E-state index contributed by atoms with van der Waals surface area (Å²) in [6.07, 6.45) is 3.23. The normalized spacial score (nSPS) is 11.2. The minimum absolute atomic E-state index is 0.583. The highest BCUT2D eigenvalue weighted by Gasteiger charge is 2.22. The van der Waals surface area contributed by atoms with E-state index in [9.17, 15) is 0 Å². The van der Waals surface area contributed by atoms with E-state index in [0.29, 0.717) is 18.9 Å². The summed E-state index contributed by atoms with van der Waals surface area (Å²) >= 11 is 11.8. The lowest BCUT2D eigenvalue weighted by Gasteiger charge is -2.19. The van der Waals surface area contributed by atoms with Crippen molar-refractivity contribution in [3.8, 4) is 11.5 Å². The fourth-order valence-corrected chi connectivity index (χ4v) is 1.99. The summed E-state index contributed by atoms with van der Waals surface area (Å²) in [7, 11) is 0. The third kappa shape index (κ3) is 5.23. The van der Waals surface area contributed by atoms with Crippen LogP contribution in [-0.4, -0.2) is 17.7 Å². The maximum atomic E-state index is 5.90. The standard InChI is InChI=1S/C15H21Cl2NO2/c1-4-15(16,17)20-13-9-11(2)14(12(3)10-13)19-8-6-5-7-18/h4,9-10H,1,5-8,18H2,2-3H3. The zero-order chi connectivity index (χ0) is 15.2. The minimum Gasteiger partial charge on any atom is -0.493 e. The van der Waals surface area contributed by atoms with E-state index in [1.807, 2.05) is 26.0 Å². The van der Waals surface area contributed by atoms with Crippen LogP contribution in [0, 0.1) is 13.8 Å². The van der Waals surface area contributed by atoms with Gasteiger partial charge in [-0.1, -0.05) is 29.8 Å². The maximum Gasteiger partial charge on any atom is 0.277 e. The topological polar surface area (TPSA) is 44.5 Å². The van der Waals surface area contributed by atoms with Gasteiger partial charge in [0.25, 0.3) is 4.52 Å². The molecule has 0 amide bonds. The SMILES string of the molecule is C=CC(Cl)(Cl)Oc1cc(C)c(OCCCCN)c(C)c1. The van der Waals surface area contributed by atoms with Gasteiger partial charge in [-0.05, 0) is 62.6 Å². The number of unbranched alkanes of at least 4 members (excludes halogenated alkanes) is 1. The molecule has 0 spiro atoms. The van der Waals surface area contributed by atoms with E-state index in [-0.39, 0.29) is 0 Å². The number of hydrogen-bond acceptors (Lipinski definition) is 3. The molecule has 0 saturated carbocycles. The molecule has 2 N–H and O–H groups in total. The molecule has 0 fully saturated rings. The van der Waals surface area contributed by atoms with Crippen molar-refractivity contribution in [3.63, 3.8) is 0 Å². The number of rotatable bonds is 8. The predicted molar refractivity (Wildman–Crippen MR) is 85.0 cm³/mol. The third-order valence-corrected chi connectivity index (χ3v) is 3.23. The molecular formula is C15H21Cl2NO2. The lowest BCUT2D eigenvalue weighted by molar-refractivity contribution is 0.285. The first-order valence-corrected chi connectivity index (χ1v) is 7.29. The van der Waals surface area contributed by atoms with E-state index >= 15 is 0 Å². The van der Waals surface area contributed by atoms with Gasteiger partial charge in [-0.25, -0.2) is 0 Å². The van der Waals surface area contributed by atoms with Gasteiger partial charge in [0.05, 0.1) is 6.61 Å². The number of nitrogens with two attached hydrogens (primary N) is 1. The Kier molecular flexibility index (Phi) is 6.66. The molecule has 0 aromatic heterocycles. The van der Waals surface area contributed by atoms with E-state index in [2.05, 4.69) is 6.58 Å². The summed E-state index contributed by atoms with van der Waals surface area (Å²) in [6.45, 7) is 8.77. The Morgan fingerprint density at radius 1 is 1.25 bits per heavy atom. The molecule has 0 saturated heterocycles. The summed E-state index contributed by atoms with van der Waals surface area (Å²) in [6, 6.07) is 3.68. The Morgan fingerprint density at radius 2 is 1.85 bits per heavy atom. The second-order valence-electron chi connectivity index (χ2n) is 4.60. The molecule has 5 heteroatoms. The van der Waals surface area contributed by atoms with Gasteiger partial charge < -0.3 is 15.2 Å². The average molecular weight is 318 g/mol. The molecule has 0 aliphatic rings. The van der Waals surface area contributed by atoms with Crippen molar-refractivity contribution in [3.05, 3.63) is 35.9 Å². The molecule has 0 aliphatic carbocycles. The Hall–Kier alpha value is -0.900. The fourth-order valence-electron chi connectivity index (χ4n) is 1.82. The first-order chi connectivity index (χ1) is 9.39. The number of ether oxygens (including phenoxy) is 2. The molecule has 1 rings (SSSR count). The van der Waals surface area contributed by atoms with Crippen LogP contribution in [0.2, 0.25) is 0 Å². The van der Waals surface area contributed by atoms with Crippen molar-refractivity contribution in [1.82, 2.24) is 0 Å². The monoisotopic (exact) mass is 317 g/mol. The van der Waals surface area contributed by atoms with Crippen LogP contribution in [0.25, 0.3) is 0 Å². The van der Waals surface area contributed by atoms with Crippen LogP contribution in [0.15, 0.2) is 24.8 Å². The summed E-state index contributed by atoms with van der Waals surface area (Å²) in [5, 5.41) is 0. The van der Waals surface area contributed by atoms with Crippen LogP contribution in [0.1, 0.15) is 24.0 Å². The van der Waals surface area contributed by atoms with Crippen molar-refractivity contribution >= 4 is 23.2 Å². The van der Waals surface area contributed by atoms with E-state index < -0.39 is 4.52 Å². The Balaban J connectivity index is 2.78. The van der Waals surface area contributed by atoms with Gasteiger partial charge >= 0.3 is 0 Å². The molecule has 1 aromatic carbocycles. The highest BCUT2D eigenvalue weighted by atomic mass is 35.5. The zero-order valence-electron chi connectivity index (χ0n) is 11.9. The Morgan fingerprint density at radius 3 is 2.35 bits per heavy atom. The zero-order valence-corrected chi connectivity index (χ0v) is 13.4. The number of benzene rings is 1. The van der Waals surface area contributed by atoms with Crippen molar-refractivity contribution in [1.29, 1.82) is 0 Å². The largest absolute Gasteiger partial charge is 0.493 e. The second-order valence-corrected chi connectivity index (χ2v) is 5.91. The first-order valence-electron chi connectivity index (χ1n) is 6.54.